The number of hydrogen-bond acceptors (Lipinski definition) is 4. The van der Waals surface area contributed by atoms with Crippen molar-refractivity contribution in [3.8, 4) is 11.5 Å². The van der Waals surface area contributed by atoms with Crippen LogP contribution >= 0.6 is 0 Å². The molecular formula is C19H33NO3. The number of benzene rings is 1. The van der Waals surface area contributed by atoms with Crippen LogP contribution in [0.5, 0.6) is 11.5 Å². The van der Waals surface area contributed by atoms with Crippen LogP contribution in [0.3, 0.4) is 0 Å². The fourth-order valence-corrected chi connectivity index (χ4v) is 2.50. The van der Waals surface area contributed by atoms with Gasteiger partial charge < -0.3 is 19.9 Å². The van der Waals surface area contributed by atoms with E-state index < -0.39 is 0 Å². The van der Waals surface area contributed by atoms with Gasteiger partial charge in [0.15, 0.2) is 11.5 Å². The van der Waals surface area contributed by atoms with Crippen LogP contribution in [0.25, 0.3) is 0 Å². The Morgan fingerprint density at radius 1 is 1.13 bits per heavy atom. The number of methoxy groups -OCH3 is 1. The summed E-state index contributed by atoms with van der Waals surface area (Å²) in [6.45, 7) is 5.82. The minimum Gasteiger partial charge on any atom is -0.493 e. The van der Waals surface area contributed by atoms with Gasteiger partial charge in [0, 0.05) is 18.2 Å². The average molecular weight is 323 g/mol. The fourth-order valence-electron chi connectivity index (χ4n) is 2.50. The zero-order valence-electron chi connectivity index (χ0n) is 14.9. The molecule has 0 saturated heterocycles. The van der Waals surface area contributed by atoms with Crippen molar-refractivity contribution in [1.29, 1.82) is 0 Å². The minimum absolute atomic E-state index is 0.114. The number of para-hydroxylation sites is 1. The van der Waals surface area contributed by atoms with Crippen LogP contribution in [-0.2, 0) is 6.54 Å². The lowest BCUT2D eigenvalue weighted by Crippen LogP contribution is -2.31. The Kier molecular flexibility index (Phi) is 10.5. The van der Waals surface area contributed by atoms with Crippen molar-refractivity contribution in [2.45, 2.75) is 65.0 Å². The van der Waals surface area contributed by atoms with Crippen LogP contribution in [0, 0.1) is 0 Å². The number of unbranched alkanes of at least 4 members (excludes halogenated alkanes) is 4. The summed E-state index contributed by atoms with van der Waals surface area (Å²) in [6, 6.07) is 6.07. The molecule has 1 rings (SSSR count). The third-order valence-corrected chi connectivity index (χ3v) is 4.07. The van der Waals surface area contributed by atoms with Crippen LogP contribution in [0.15, 0.2) is 18.2 Å². The summed E-state index contributed by atoms with van der Waals surface area (Å²) in [5.41, 5.74) is 1.07. The molecule has 0 aliphatic carbocycles. The summed E-state index contributed by atoms with van der Waals surface area (Å²) in [5, 5.41) is 12.7. The van der Waals surface area contributed by atoms with Gasteiger partial charge in [-0.1, -0.05) is 51.7 Å². The molecule has 0 fully saturated rings. The Balaban J connectivity index is 2.59. The molecule has 0 saturated carbocycles. The van der Waals surface area contributed by atoms with Crippen molar-refractivity contribution < 1.29 is 14.6 Å². The van der Waals surface area contributed by atoms with E-state index in [1.54, 1.807) is 7.11 Å². The third-order valence-electron chi connectivity index (χ3n) is 4.07. The van der Waals surface area contributed by atoms with Gasteiger partial charge in [-0.05, 0) is 18.9 Å². The average Bonchev–Trinajstić information content (AvgIpc) is 2.59. The van der Waals surface area contributed by atoms with Gasteiger partial charge in [0.05, 0.1) is 20.3 Å². The Hall–Kier alpha value is -1.26. The highest BCUT2D eigenvalue weighted by Gasteiger charge is 2.12. The molecule has 1 aromatic carbocycles. The molecule has 4 heteroatoms. The maximum atomic E-state index is 9.30. The standard InChI is InChI=1S/C19H33NO3/c1-4-6-7-8-9-13-23-19-16(11-10-12-18(19)22-3)14-20-17(5-2)15-21/h10-12,17,20-21H,4-9,13-15H2,1-3H3. The quantitative estimate of drug-likeness (QED) is 0.541. The highest BCUT2D eigenvalue weighted by atomic mass is 16.5. The van der Waals surface area contributed by atoms with Crippen LogP contribution in [0.4, 0.5) is 0 Å². The lowest BCUT2D eigenvalue weighted by molar-refractivity contribution is 0.236. The van der Waals surface area contributed by atoms with Crippen LogP contribution in [0.1, 0.15) is 57.9 Å². The van der Waals surface area contributed by atoms with Crippen LogP contribution in [0.2, 0.25) is 0 Å². The molecule has 132 valence electrons. The second kappa shape index (κ2) is 12.2. The molecule has 0 aliphatic heterocycles. The first-order chi connectivity index (χ1) is 11.3. The van der Waals surface area contributed by atoms with Gasteiger partial charge in [0.2, 0.25) is 0 Å². The Labute approximate surface area is 141 Å². The van der Waals surface area contributed by atoms with E-state index in [-0.39, 0.29) is 12.6 Å². The molecule has 1 unspecified atom stereocenters. The topological polar surface area (TPSA) is 50.7 Å². The highest BCUT2D eigenvalue weighted by Crippen LogP contribution is 2.31. The Morgan fingerprint density at radius 2 is 1.91 bits per heavy atom. The molecule has 0 aliphatic rings. The number of aliphatic hydroxyl groups excluding tert-OH is 1. The number of hydrogen-bond donors (Lipinski definition) is 2. The number of nitrogens with one attached hydrogen (secondary N) is 1. The van der Waals surface area contributed by atoms with E-state index in [0.717, 1.165) is 29.9 Å². The molecule has 0 aromatic heterocycles. The molecule has 0 spiro atoms. The number of ether oxygens (including phenoxy) is 2. The maximum Gasteiger partial charge on any atom is 0.165 e. The van der Waals surface area contributed by atoms with Gasteiger partial charge in [0.1, 0.15) is 0 Å². The van der Waals surface area contributed by atoms with E-state index in [0.29, 0.717) is 13.2 Å². The van der Waals surface area contributed by atoms with Crippen LogP contribution in [-0.4, -0.2) is 31.5 Å². The summed E-state index contributed by atoms with van der Waals surface area (Å²) in [4.78, 5) is 0. The zero-order valence-corrected chi connectivity index (χ0v) is 14.9. The van der Waals surface area contributed by atoms with E-state index in [9.17, 15) is 5.11 Å². The second-order valence-corrected chi connectivity index (χ2v) is 5.88. The monoisotopic (exact) mass is 323 g/mol. The van der Waals surface area contributed by atoms with Crippen LogP contribution < -0.4 is 14.8 Å². The summed E-state index contributed by atoms with van der Waals surface area (Å²) >= 11 is 0. The zero-order chi connectivity index (χ0) is 16.9. The van der Waals surface area contributed by atoms with E-state index >= 15 is 0 Å². The minimum atomic E-state index is 0.114. The SMILES string of the molecule is CCCCCCCOc1c(CNC(CC)CO)cccc1OC. The predicted octanol–water partition coefficient (Wildman–Crippen LogP) is 3.90. The summed E-state index contributed by atoms with van der Waals surface area (Å²) < 4.78 is 11.5. The largest absolute Gasteiger partial charge is 0.493 e. The van der Waals surface area contributed by atoms with E-state index in [1.165, 1.54) is 25.7 Å². The Bertz CT molecular complexity index is 419. The molecule has 4 nitrogen and oxygen atoms in total. The lowest BCUT2D eigenvalue weighted by atomic mass is 10.1. The van der Waals surface area contributed by atoms with Crippen molar-refractivity contribution in [2.24, 2.45) is 0 Å². The van der Waals surface area contributed by atoms with Gasteiger partial charge in [-0.2, -0.15) is 0 Å². The van der Waals surface area contributed by atoms with E-state index in [1.807, 2.05) is 18.2 Å². The second-order valence-electron chi connectivity index (χ2n) is 5.88. The van der Waals surface area contributed by atoms with Gasteiger partial charge in [0.25, 0.3) is 0 Å². The number of aliphatic hydroxyl groups is 1. The molecule has 0 radical (unpaired) electrons. The molecule has 1 aromatic rings. The smallest absolute Gasteiger partial charge is 0.165 e. The van der Waals surface area contributed by atoms with E-state index in [4.69, 9.17) is 9.47 Å². The van der Waals surface area contributed by atoms with Crippen molar-refractivity contribution in [2.75, 3.05) is 20.3 Å². The van der Waals surface area contributed by atoms with Gasteiger partial charge >= 0.3 is 0 Å². The molecule has 0 amide bonds. The summed E-state index contributed by atoms with van der Waals surface area (Å²) in [6.07, 6.45) is 7.00. The molecule has 0 heterocycles. The van der Waals surface area contributed by atoms with Gasteiger partial charge in [-0.15, -0.1) is 0 Å². The molecule has 1 atom stereocenters. The van der Waals surface area contributed by atoms with Crippen molar-refractivity contribution in [3.63, 3.8) is 0 Å². The first-order valence-corrected chi connectivity index (χ1v) is 8.89. The Morgan fingerprint density at radius 3 is 2.57 bits per heavy atom. The predicted molar refractivity (Wildman–Crippen MR) is 95.3 cm³/mol. The first-order valence-electron chi connectivity index (χ1n) is 8.89. The van der Waals surface area contributed by atoms with Crippen molar-refractivity contribution in [1.82, 2.24) is 5.32 Å². The van der Waals surface area contributed by atoms with Crippen molar-refractivity contribution in [3.05, 3.63) is 23.8 Å². The highest BCUT2D eigenvalue weighted by molar-refractivity contribution is 5.46. The summed E-state index contributed by atoms with van der Waals surface area (Å²) in [7, 11) is 1.67. The molecule has 2 N–H and O–H groups in total. The lowest BCUT2D eigenvalue weighted by Gasteiger charge is -2.18. The third kappa shape index (κ3) is 7.23. The summed E-state index contributed by atoms with van der Waals surface area (Å²) in [5.74, 6) is 1.60. The molecular weight excluding hydrogens is 290 g/mol. The maximum absolute atomic E-state index is 9.30. The first kappa shape index (κ1) is 19.8. The molecule has 0 bridgehead atoms. The normalized spacial score (nSPS) is 12.2. The van der Waals surface area contributed by atoms with E-state index in [2.05, 4.69) is 19.2 Å². The fraction of sp³-hybridized carbons (Fsp3) is 0.684. The van der Waals surface area contributed by atoms with Gasteiger partial charge in [-0.25, -0.2) is 0 Å². The molecule has 23 heavy (non-hydrogen) atoms. The van der Waals surface area contributed by atoms with Crippen molar-refractivity contribution >= 4 is 0 Å². The van der Waals surface area contributed by atoms with Gasteiger partial charge in [-0.3, -0.25) is 0 Å². The number of rotatable bonds is 13.